The van der Waals surface area contributed by atoms with Gasteiger partial charge in [-0.05, 0) is 74.5 Å². The first-order valence-electron chi connectivity index (χ1n) is 16.1. The van der Waals surface area contributed by atoms with Gasteiger partial charge in [0.05, 0.1) is 40.1 Å². The van der Waals surface area contributed by atoms with Gasteiger partial charge >= 0.3 is 5.97 Å². The monoisotopic (exact) mass is 637 g/mol. The molecular weight excluding hydrogens is 590 g/mol. The summed E-state index contributed by atoms with van der Waals surface area (Å²) in [6.07, 6.45) is 3.30. The Morgan fingerprint density at radius 1 is 1.16 bits per heavy atom. The second-order valence-electron chi connectivity index (χ2n) is 13.0. The number of rotatable bonds is 12. The van der Waals surface area contributed by atoms with Gasteiger partial charge in [-0.1, -0.05) is 37.3 Å². The smallest absolute Gasteiger partial charge is 0.305 e. The molecule has 3 N–H and O–H groups in total. The van der Waals surface area contributed by atoms with Crippen LogP contribution in [-0.4, -0.2) is 77.0 Å². The molecule has 2 aromatic carbocycles. The van der Waals surface area contributed by atoms with Crippen molar-refractivity contribution in [2.75, 3.05) is 44.1 Å². The lowest BCUT2D eigenvalue weighted by molar-refractivity contribution is -0.146. The number of aliphatic hydroxyl groups is 1. The van der Waals surface area contributed by atoms with Gasteiger partial charge in [0.15, 0.2) is 5.60 Å². The number of esters is 1. The second-order valence-corrected chi connectivity index (χ2v) is 17.7. The molecule has 3 aliphatic heterocycles. The molecule has 11 heteroatoms. The van der Waals surface area contributed by atoms with Gasteiger partial charge < -0.3 is 34.9 Å². The van der Waals surface area contributed by atoms with Crippen LogP contribution in [0.5, 0.6) is 5.75 Å². The minimum Gasteiger partial charge on any atom is -0.497 e. The van der Waals surface area contributed by atoms with Crippen LogP contribution in [0.25, 0.3) is 0 Å². The Hall–Kier alpha value is -3.25. The number of anilines is 2. The SMILES string of the molecule is COC(=O)CCCCN1C(=O)[C@]2(O[C@H](CCO)[C@@H]([Si](C)(C)c3ccc(OC)cc3)[C@@H]2C)c2cc(NC(=O)[C@H]3CCCN3)ccc21. The number of carbonyl (C=O) groups is 3. The molecule has 0 radical (unpaired) electrons. The van der Waals surface area contributed by atoms with Crippen molar-refractivity contribution < 1.29 is 33.7 Å². The molecule has 5 rings (SSSR count). The van der Waals surface area contributed by atoms with Crippen LogP contribution in [0.4, 0.5) is 11.4 Å². The third kappa shape index (κ3) is 6.15. The highest BCUT2D eigenvalue weighted by molar-refractivity contribution is 6.91. The van der Waals surface area contributed by atoms with Crippen LogP contribution in [0.2, 0.25) is 18.6 Å². The molecular formula is C34H47N3O7Si. The van der Waals surface area contributed by atoms with Crippen molar-refractivity contribution in [3.63, 3.8) is 0 Å². The fourth-order valence-corrected chi connectivity index (χ4v) is 11.8. The van der Waals surface area contributed by atoms with Gasteiger partial charge in [-0.3, -0.25) is 14.4 Å². The predicted molar refractivity (Wildman–Crippen MR) is 176 cm³/mol. The van der Waals surface area contributed by atoms with Crippen molar-refractivity contribution in [1.82, 2.24) is 5.32 Å². The van der Waals surface area contributed by atoms with Crippen LogP contribution < -0.4 is 25.5 Å². The van der Waals surface area contributed by atoms with Crippen molar-refractivity contribution in [3.8, 4) is 5.75 Å². The average Bonchev–Trinajstić information content (AvgIpc) is 3.73. The zero-order valence-corrected chi connectivity index (χ0v) is 28.1. The summed E-state index contributed by atoms with van der Waals surface area (Å²) in [5.74, 6) is 0.0770. The average molecular weight is 638 g/mol. The zero-order valence-electron chi connectivity index (χ0n) is 27.1. The number of aliphatic hydroxyl groups excluding tert-OH is 1. The van der Waals surface area contributed by atoms with Crippen LogP contribution in [0.3, 0.4) is 0 Å². The van der Waals surface area contributed by atoms with E-state index in [1.165, 1.54) is 12.3 Å². The maximum Gasteiger partial charge on any atom is 0.305 e. The number of ether oxygens (including phenoxy) is 3. The number of hydrogen-bond donors (Lipinski definition) is 3. The Morgan fingerprint density at radius 2 is 1.91 bits per heavy atom. The first-order chi connectivity index (χ1) is 21.6. The van der Waals surface area contributed by atoms with Gasteiger partial charge in [0, 0.05) is 36.7 Å². The van der Waals surface area contributed by atoms with E-state index in [1.54, 1.807) is 12.0 Å². The maximum absolute atomic E-state index is 14.7. The van der Waals surface area contributed by atoms with E-state index >= 15 is 0 Å². The molecule has 1 spiro atoms. The zero-order chi connectivity index (χ0) is 32.4. The Balaban J connectivity index is 1.53. The van der Waals surface area contributed by atoms with Gasteiger partial charge in [0.25, 0.3) is 5.91 Å². The molecule has 5 atom stereocenters. The highest BCUT2D eigenvalue weighted by atomic mass is 28.3. The van der Waals surface area contributed by atoms with Crippen molar-refractivity contribution in [2.24, 2.45) is 5.92 Å². The summed E-state index contributed by atoms with van der Waals surface area (Å²) < 4.78 is 17.2. The van der Waals surface area contributed by atoms with Crippen molar-refractivity contribution in [1.29, 1.82) is 0 Å². The minimum atomic E-state index is -2.31. The van der Waals surface area contributed by atoms with Crippen LogP contribution in [-0.2, 0) is 29.5 Å². The summed E-state index contributed by atoms with van der Waals surface area (Å²) in [6.45, 7) is 7.90. The van der Waals surface area contributed by atoms with Crippen molar-refractivity contribution in [2.45, 2.75) is 81.8 Å². The topological polar surface area (TPSA) is 126 Å². The molecule has 10 nitrogen and oxygen atoms in total. The van der Waals surface area contributed by atoms with Gasteiger partial charge in [-0.15, -0.1) is 0 Å². The lowest BCUT2D eigenvalue weighted by Gasteiger charge is -2.37. The Kier molecular flexibility index (Phi) is 10.0. The van der Waals surface area contributed by atoms with E-state index in [0.717, 1.165) is 36.4 Å². The van der Waals surface area contributed by atoms with Gasteiger partial charge in [-0.2, -0.15) is 0 Å². The molecule has 0 bridgehead atoms. The number of nitrogens with one attached hydrogen (secondary N) is 2. The largest absolute Gasteiger partial charge is 0.497 e. The fraction of sp³-hybridized carbons (Fsp3) is 0.559. The quantitative estimate of drug-likeness (QED) is 0.183. The second kappa shape index (κ2) is 13.6. The van der Waals surface area contributed by atoms with Crippen molar-refractivity contribution >= 4 is 42.4 Å². The number of amides is 2. The van der Waals surface area contributed by atoms with Crippen LogP contribution in [0.1, 0.15) is 51.0 Å². The Labute approximate surface area is 266 Å². The first-order valence-corrected chi connectivity index (χ1v) is 19.2. The number of benzene rings is 2. The van der Waals surface area contributed by atoms with Gasteiger partial charge in [0.2, 0.25) is 5.91 Å². The lowest BCUT2D eigenvalue weighted by Crippen LogP contribution is -2.52. The molecule has 45 heavy (non-hydrogen) atoms. The van der Waals surface area contributed by atoms with Gasteiger partial charge in [-0.25, -0.2) is 0 Å². The fourth-order valence-electron chi connectivity index (χ4n) is 7.79. The van der Waals surface area contributed by atoms with Crippen LogP contribution in [0.15, 0.2) is 42.5 Å². The molecule has 3 aliphatic rings. The summed E-state index contributed by atoms with van der Waals surface area (Å²) >= 11 is 0. The summed E-state index contributed by atoms with van der Waals surface area (Å²) in [4.78, 5) is 41.3. The number of nitrogens with zero attached hydrogens (tertiary/aromatic N) is 1. The molecule has 2 aromatic rings. The number of fused-ring (bicyclic) bond motifs is 2. The summed E-state index contributed by atoms with van der Waals surface area (Å²) in [7, 11) is 0.716. The molecule has 2 amide bonds. The molecule has 2 fully saturated rings. The van der Waals surface area contributed by atoms with Crippen molar-refractivity contribution in [3.05, 3.63) is 48.0 Å². The molecule has 0 aromatic heterocycles. The van der Waals surface area contributed by atoms with E-state index in [0.29, 0.717) is 31.5 Å². The summed E-state index contributed by atoms with van der Waals surface area (Å²) in [5.41, 5.74) is 0.863. The van der Waals surface area contributed by atoms with E-state index in [4.69, 9.17) is 14.2 Å². The van der Waals surface area contributed by atoms with E-state index in [2.05, 4.69) is 42.8 Å². The van der Waals surface area contributed by atoms with E-state index in [1.807, 2.05) is 30.3 Å². The highest BCUT2D eigenvalue weighted by Gasteiger charge is 2.66. The normalized spacial score (nSPS) is 25.9. The molecule has 2 saturated heterocycles. The number of carbonyl (C=O) groups excluding carboxylic acids is 3. The summed E-state index contributed by atoms with van der Waals surface area (Å²) in [6, 6.07) is 13.6. The van der Waals surface area contributed by atoms with Crippen LogP contribution >= 0.6 is 0 Å². The predicted octanol–water partition coefficient (Wildman–Crippen LogP) is 3.67. The van der Waals surface area contributed by atoms with Gasteiger partial charge in [0.1, 0.15) is 5.75 Å². The maximum atomic E-state index is 14.7. The minimum absolute atomic E-state index is 0.00931. The molecule has 0 unspecified atom stereocenters. The highest BCUT2D eigenvalue weighted by Crippen LogP contribution is 2.60. The van der Waals surface area contributed by atoms with E-state index < -0.39 is 13.7 Å². The number of unbranched alkanes of at least 4 members (excludes halogenated alkanes) is 1. The first kappa shape index (κ1) is 33.1. The Bertz CT molecular complexity index is 1390. The number of hydrogen-bond acceptors (Lipinski definition) is 8. The summed E-state index contributed by atoms with van der Waals surface area (Å²) in [5, 5.41) is 17.7. The molecule has 0 aliphatic carbocycles. The Morgan fingerprint density at radius 3 is 2.56 bits per heavy atom. The third-order valence-electron chi connectivity index (χ3n) is 10.1. The molecule has 244 valence electrons. The third-order valence-corrected chi connectivity index (χ3v) is 14.5. The van der Waals surface area contributed by atoms with E-state index in [9.17, 15) is 19.5 Å². The van der Waals surface area contributed by atoms with E-state index in [-0.39, 0.29) is 54.4 Å². The molecule has 3 heterocycles. The molecule has 0 saturated carbocycles. The lowest BCUT2D eigenvalue weighted by atomic mass is 9.82. The standard InChI is InChI=1S/C34H47N3O7Si/c1-22-31(45(4,5)25-14-12-24(42-2)13-15-25)29(17-20-38)44-34(22)26-21-23(36-32(40)27-9-8-18-35-27)11-16-28(26)37(33(34)41)19-7-6-10-30(39)43-3/h11-16,21-22,27,29,31,35,38H,6-10,17-20H2,1-5H3,(H,36,40)/t22-,27+,29+,31-,34+/m0/s1. The number of methoxy groups -OCH3 is 2. The van der Waals surface area contributed by atoms with Crippen LogP contribution in [0, 0.1) is 5.92 Å².